The molecule has 0 atom stereocenters. The fourth-order valence-corrected chi connectivity index (χ4v) is 2.62. The first-order chi connectivity index (χ1) is 9.31. The zero-order valence-electron chi connectivity index (χ0n) is 11.0. The second-order valence-corrected chi connectivity index (χ2v) is 4.82. The van der Waals surface area contributed by atoms with Gasteiger partial charge in [-0.3, -0.25) is 9.20 Å². The molecule has 0 radical (unpaired) electrons. The summed E-state index contributed by atoms with van der Waals surface area (Å²) < 4.78 is 7.21. The quantitative estimate of drug-likeness (QED) is 0.788. The molecule has 0 aromatic carbocycles. The number of imidazole rings is 1. The lowest BCUT2D eigenvalue weighted by Gasteiger charge is -2.31. The Kier molecular flexibility index (Phi) is 3.21. The Morgan fingerprint density at radius 1 is 1.42 bits per heavy atom. The lowest BCUT2D eigenvalue weighted by atomic mass is 10.1. The molecule has 5 heteroatoms. The van der Waals surface area contributed by atoms with Gasteiger partial charge in [-0.2, -0.15) is 0 Å². The van der Waals surface area contributed by atoms with E-state index < -0.39 is 0 Å². The van der Waals surface area contributed by atoms with Gasteiger partial charge in [0.2, 0.25) is 0 Å². The number of aldehydes is 1. The van der Waals surface area contributed by atoms with E-state index in [1.807, 2.05) is 35.8 Å². The van der Waals surface area contributed by atoms with Gasteiger partial charge in [-0.05, 0) is 25.0 Å². The Labute approximate surface area is 111 Å². The lowest BCUT2D eigenvalue weighted by Crippen LogP contribution is -2.37. The molecule has 3 rings (SSSR count). The SMILES string of the molecule is CN(c1nc2ccccn2c1C=O)C1CCOCC1. The maximum Gasteiger partial charge on any atom is 0.170 e. The standard InChI is InChI=1S/C14H17N3O2/c1-16(11-5-8-19-9-6-11)14-12(10-18)17-7-3-2-4-13(17)15-14/h2-4,7,10-11H,5-6,8-9H2,1H3. The number of fused-ring (bicyclic) bond motifs is 1. The van der Waals surface area contributed by atoms with Crippen LogP contribution >= 0.6 is 0 Å². The van der Waals surface area contributed by atoms with Crippen LogP contribution in [0.3, 0.4) is 0 Å². The van der Waals surface area contributed by atoms with Gasteiger partial charge in [0.1, 0.15) is 11.3 Å². The highest BCUT2D eigenvalue weighted by Crippen LogP contribution is 2.24. The van der Waals surface area contributed by atoms with Crippen LogP contribution in [0.5, 0.6) is 0 Å². The summed E-state index contributed by atoms with van der Waals surface area (Å²) >= 11 is 0. The average Bonchev–Trinajstić information content (AvgIpc) is 2.85. The molecular weight excluding hydrogens is 242 g/mol. The normalized spacial score (nSPS) is 16.7. The summed E-state index contributed by atoms with van der Waals surface area (Å²) in [5, 5.41) is 0. The molecule has 0 saturated carbocycles. The van der Waals surface area contributed by atoms with Crippen molar-refractivity contribution in [2.45, 2.75) is 18.9 Å². The first kappa shape index (κ1) is 12.2. The van der Waals surface area contributed by atoms with E-state index in [1.54, 1.807) is 0 Å². The Morgan fingerprint density at radius 3 is 2.95 bits per heavy atom. The summed E-state index contributed by atoms with van der Waals surface area (Å²) in [6.07, 6.45) is 4.70. The average molecular weight is 259 g/mol. The van der Waals surface area contributed by atoms with Crippen molar-refractivity contribution >= 4 is 17.8 Å². The van der Waals surface area contributed by atoms with Gasteiger partial charge in [-0.15, -0.1) is 0 Å². The van der Waals surface area contributed by atoms with Crippen molar-refractivity contribution in [2.75, 3.05) is 25.2 Å². The lowest BCUT2D eigenvalue weighted by molar-refractivity contribution is 0.0853. The number of hydrogen-bond donors (Lipinski definition) is 0. The third-order valence-corrected chi connectivity index (χ3v) is 3.73. The van der Waals surface area contributed by atoms with Crippen molar-refractivity contribution in [1.29, 1.82) is 0 Å². The minimum absolute atomic E-state index is 0.386. The van der Waals surface area contributed by atoms with Crippen molar-refractivity contribution in [1.82, 2.24) is 9.38 Å². The number of rotatable bonds is 3. The molecule has 1 saturated heterocycles. The zero-order chi connectivity index (χ0) is 13.2. The molecule has 3 heterocycles. The Morgan fingerprint density at radius 2 is 2.21 bits per heavy atom. The molecule has 0 spiro atoms. The van der Waals surface area contributed by atoms with Crippen molar-refractivity contribution < 1.29 is 9.53 Å². The predicted octanol–water partition coefficient (Wildman–Crippen LogP) is 1.76. The molecule has 5 nitrogen and oxygen atoms in total. The van der Waals surface area contributed by atoms with E-state index in [0.29, 0.717) is 11.7 Å². The van der Waals surface area contributed by atoms with Gasteiger partial charge in [0, 0.05) is 32.5 Å². The minimum atomic E-state index is 0.386. The minimum Gasteiger partial charge on any atom is -0.381 e. The highest BCUT2D eigenvalue weighted by Gasteiger charge is 2.23. The van der Waals surface area contributed by atoms with Crippen LogP contribution in [-0.2, 0) is 4.74 Å². The van der Waals surface area contributed by atoms with Gasteiger partial charge in [0.25, 0.3) is 0 Å². The van der Waals surface area contributed by atoms with E-state index >= 15 is 0 Å². The smallest absolute Gasteiger partial charge is 0.170 e. The van der Waals surface area contributed by atoms with Crippen molar-refractivity contribution in [3.8, 4) is 0 Å². The molecule has 19 heavy (non-hydrogen) atoms. The predicted molar refractivity (Wildman–Crippen MR) is 72.8 cm³/mol. The van der Waals surface area contributed by atoms with Gasteiger partial charge >= 0.3 is 0 Å². The zero-order valence-corrected chi connectivity index (χ0v) is 11.0. The van der Waals surface area contributed by atoms with E-state index in [9.17, 15) is 4.79 Å². The van der Waals surface area contributed by atoms with Gasteiger partial charge in [-0.1, -0.05) is 6.07 Å². The molecule has 1 aliphatic heterocycles. The molecular formula is C14H17N3O2. The fourth-order valence-electron chi connectivity index (χ4n) is 2.62. The second-order valence-electron chi connectivity index (χ2n) is 4.82. The number of anilines is 1. The van der Waals surface area contributed by atoms with Crippen LogP contribution in [0.1, 0.15) is 23.3 Å². The topological polar surface area (TPSA) is 46.8 Å². The van der Waals surface area contributed by atoms with Crippen molar-refractivity contribution in [3.05, 3.63) is 30.1 Å². The number of pyridine rings is 1. The van der Waals surface area contributed by atoms with Crippen LogP contribution in [-0.4, -0.2) is 42.0 Å². The van der Waals surface area contributed by atoms with E-state index in [1.165, 1.54) is 0 Å². The fraction of sp³-hybridized carbons (Fsp3) is 0.429. The molecule has 2 aromatic rings. The van der Waals surface area contributed by atoms with Gasteiger partial charge < -0.3 is 9.64 Å². The maximum absolute atomic E-state index is 11.4. The monoisotopic (exact) mass is 259 g/mol. The second kappa shape index (κ2) is 5.01. The highest BCUT2D eigenvalue weighted by atomic mass is 16.5. The Bertz CT molecular complexity index is 587. The summed E-state index contributed by atoms with van der Waals surface area (Å²) in [6, 6.07) is 6.13. The molecule has 0 bridgehead atoms. The number of nitrogens with zero attached hydrogens (tertiary/aromatic N) is 3. The van der Waals surface area contributed by atoms with Crippen LogP contribution in [0.15, 0.2) is 24.4 Å². The van der Waals surface area contributed by atoms with E-state index in [0.717, 1.165) is 43.8 Å². The molecule has 100 valence electrons. The van der Waals surface area contributed by atoms with E-state index in [4.69, 9.17) is 4.74 Å². The van der Waals surface area contributed by atoms with E-state index in [-0.39, 0.29) is 0 Å². The van der Waals surface area contributed by atoms with Crippen molar-refractivity contribution in [2.24, 2.45) is 0 Å². The molecule has 2 aromatic heterocycles. The summed E-state index contributed by atoms with van der Waals surface area (Å²) in [7, 11) is 2.00. The Hall–Kier alpha value is -1.88. The first-order valence-corrected chi connectivity index (χ1v) is 6.54. The number of hydrogen-bond acceptors (Lipinski definition) is 4. The number of aromatic nitrogens is 2. The van der Waals surface area contributed by atoms with Gasteiger partial charge in [-0.25, -0.2) is 4.98 Å². The largest absolute Gasteiger partial charge is 0.381 e. The van der Waals surface area contributed by atoms with Gasteiger partial charge in [0.05, 0.1) is 0 Å². The molecule has 0 aliphatic carbocycles. The van der Waals surface area contributed by atoms with Crippen LogP contribution in [0.25, 0.3) is 5.65 Å². The molecule has 0 amide bonds. The molecule has 0 unspecified atom stereocenters. The summed E-state index contributed by atoms with van der Waals surface area (Å²) in [5.41, 5.74) is 1.42. The molecule has 1 fully saturated rings. The highest BCUT2D eigenvalue weighted by molar-refractivity contribution is 5.83. The van der Waals surface area contributed by atoms with Crippen LogP contribution < -0.4 is 4.90 Å². The van der Waals surface area contributed by atoms with Crippen LogP contribution in [0.2, 0.25) is 0 Å². The first-order valence-electron chi connectivity index (χ1n) is 6.54. The number of carbonyl (C=O) groups excluding carboxylic acids is 1. The number of carbonyl (C=O) groups is 1. The summed E-state index contributed by atoms with van der Waals surface area (Å²) in [6.45, 7) is 1.55. The Balaban J connectivity index is 2.01. The molecule has 0 N–H and O–H groups in total. The van der Waals surface area contributed by atoms with Crippen LogP contribution in [0.4, 0.5) is 5.82 Å². The third kappa shape index (κ3) is 2.10. The third-order valence-electron chi connectivity index (χ3n) is 3.73. The van der Waals surface area contributed by atoms with Gasteiger partial charge in [0.15, 0.2) is 12.1 Å². The molecule has 1 aliphatic rings. The summed E-state index contributed by atoms with van der Waals surface area (Å²) in [4.78, 5) is 18.1. The van der Waals surface area contributed by atoms with Crippen LogP contribution in [0, 0.1) is 0 Å². The summed E-state index contributed by atoms with van der Waals surface area (Å²) in [5.74, 6) is 0.758. The van der Waals surface area contributed by atoms with Crippen molar-refractivity contribution in [3.63, 3.8) is 0 Å². The number of ether oxygens (including phenoxy) is 1. The van der Waals surface area contributed by atoms with E-state index in [2.05, 4.69) is 9.88 Å². The maximum atomic E-state index is 11.4.